The van der Waals surface area contributed by atoms with Crippen molar-refractivity contribution in [3.05, 3.63) is 97.1 Å². The second-order valence-corrected chi connectivity index (χ2v) is 7.05. The summed E-state index contributed by atoms with van der Waals surface area (Å²) in [5.41, 5.74) is 19.6. The van der Waals surface area contributed by atoms with Crippen molar-refractivity contribution < 1.29 is 0 Å². The van der Waals surface area contributed by atoms with Gasteiger partial charge >= 0.3 is 0 Å². The molecule has 0 atom stereocenters. The summed E-state index contributed by atoms with van der Waals surface area (Å²) >= 11 is 0. The van der Waals surface area contributed by atoms with Crippen LogP contribution in [-0.4, -0.2) is 9.55 Å². The normalized spacial score (nSPS) is 11.0. The molecule has 0 saturated carbocycles. The lowest BCUT2D eigenvalue weighted by molar-refractivity contribution is 1.10. The number of benzene rings is 4. The molecule has 0 bridgehead atoms. The largest absolute Gasteiger partial charge is 0.399 e. The Morgan fingerprint density at radius 1 is 0.586 bits per heavy atom. The average Bonchev–Trinajstić information content (AvgIpc) is 3.13. The first-order valence-electron chi connectivity index (χ1n) is 9.49. The molecule has 0 fully saturated rings. The van der Waals surface area contributed by atoms with Crippen LogP contribution in [0.15, 0.2) is 97.1 Å². The first kappa shape index (κ1) is 17.1. The number of aromatic nitrogens is 2. The minimum absolute atomic E-state index is 0.699. The number of fused-ring (bicyclic) bond motifs is 1. The number of nitrogens with two attached hydrogens (primary N) is 2. The Bertz CT molecular complexity index is 1290. The quantitative estimate of drug-likeness (QED) is 0.407. The Morgan fingerprint density at radius 3 is 1.93 bits per heavy atom. The third kappa shape index (κ3) is 3.11. The van der Waals surface area contributed by atoms with Gasteiger partial charge in [-0.2, -0.15) is 0 Å². The lowest BCUT2D eigenvalue weighted by Crippen LogP contribution is -1.98. The van der Waals surface area contributed by atoms with Crippen LogP contribution >= 0.6 is 0 Å². The lowest BCUT2D eigenvalue weighted by atomic mass is 10.0. The summed E-state index contributed by atoms with van der Waals surface area (Å²) in [7, 11) is 0. The molecule has 29 heavy (non-hydrogen) atoms. The Labute approximate surface area is 169 Å². The van der Waals surface area contributed by atoms with Crippen molar-refractivity contribution in [2.24, 2.45) is 0 Å². The molecule has 5 aromatic rings. The molecule has 4 N–H and O–H groups in total. The molecule has 0 amide bonds. The predicted molar refractivity (Wildman–Crippen MR) is 121 cm³/mol. The Balaban J connectivity index is 1.68. The summed E-state index contributed by atoms with van der Waals surface area (Å²) in [6.07, 6.45) is 0. The number of hydrogen-bond donors (Lipinski definition) is 2. The highest BCUT2D eigenvalue weighted by molar-refractivity contribution is 5.86. The molecule has 0 aliphatic carbocycles. The molecule has 1 aromatic heterocycles. The lowest BCUT2D eigenvalue weighted by Gasteiger charge is -2.11. The summed E-state index contributed by atoms with van der Waals surface area (Å²) in [4.78, 5) is 4.90. The van der Waals surface area contributed by atoms with Crippen LogP contribution in [0.3, 0.4) is 0 Å². The van der Waals surface area contributed by atoms with Gasteiger partial charge in [0.1, 0.15) is 5.82 Å². The number of nitrogen functional groups attached to an aromatic ring is 2. The molecule has 0 saturated heterocycles. The molecular formula is C25H20N4. The zero-order chi connectivity index (χ0) is 19.8. The van der Waals surface area contributed by atoms with Gasteiger partial charge in [-0.25, -0.2) is 4.98 Å². The molecule has 0 aliphatic rings. The van der Waals surface area contributed by atoms with Crippen molar-refractivity contribution in [2.75, 3.05) is 11.5 Å². The van der Waals surface area contributed by atoms with Crippen molar-refractivity contribution in [2.45, 2.75) is 0 Å². The third-order valence-corrected chi connectivity index (χ3v) is 5.08. The van der Waals surface area contributed by atoms with Crippen molar-refractivity contribution in [1.29, 1.82) is 0 Å². The Hall–Kier alpha value is -4.05. The van der Waals surface area contributed by atoms with E-state index in [9.17, 15) is 0 Å². The number of rotatable bonds is 3. The van der Waals surface area contributed by atoms with Gasteiger partial charge < -0.3 is 11.5 Å². The van der Waals surface area contributed by atoms with Crippen LogP contribution in [0.25, 0.3) is 39.2 Å². The van der Waals surface area contributed by atoms with E-state index in [0.717, 1.165) is 33.8 Å². The zero-order valence-corrected chi connectivity index (χ0v) is 15.8. The second-order valence-electron chi connectivity index (χ2n) is 7.05. The number of hydrogen-bond acceptors (Lipinski definition) is 3. The van der Waals surface area contributed by atoms with Crippen LogP contribution < -0.4 is 11.5 Å². The molecule has 0 radical (unpaired) electrons. The maximum Gasteiger partial charge on any atom is 0.145 e. The first-order chi connectivity index (χ1) is 14.2. The van der Waals surface area contributed by atoms with Gasteiger partial charge in [0.2, 0.25) is 0 Å². The van der Waals surface area contributed by atoms with Crippen molar-refractivity contribution in [3.8, 4) is 28.2 Å². The van der Waals surface area contributed by atoms with Gasteiger partial charge in [-0.15, -0.1) is 0 Å². The molecule has 0 spiro atoms. The number of nitrogens with zero attached hydrogens (tertiary/aromatic N) is 2. The standard InChI is InChI=1S/C25H20N4/c26-20-10-13-22(14-11-20)29-24-15-12-21(27)16-23(24)28-25(29)19-8-6-18(7-9-19)17-4-2-1-3-5-17/h1-16H,26-27H2. The molecule has 4 aromatic carbocycles. The molecular weight excluding hydrogens is 356 g/mol. The summed E-state index contributed by atoms with van der Waals surface area (Å²) < 4.78 is 2.14. The van der Waals surface area contributed by atoms with Crippen LogP contribution in [0.4, 0.5) is 11.4 Å². The second kappa shape index (κ2) is 6.84. The van der Waals surface area contributed by atoms with Crippen LogP contribution in [0, 0.1) is 0 Å². The van der Waals surface area contributed by atoms with Gasteiger partial charge in [0.05, 0.1) is 11.0 Å². The van der Waals surface area contributed by atoms with E-state index in [1.807, 2.05) is 60.7 Å². The van der Waals surface area contributed by atoms with Crippen LogP contribution in [0.5, 0.6) is 0 Å². The van der Waals surface area contributed by atoms with E-state index in [1.54, 1.807) is 0 Å². The molecule has 0 aliphatic heterocycles. The summed E-state index contributed by atoms with van der Waals surface area (Å²) in [5.74, 6) is 0.870. The SMILES string of the molecule is Nc1ccc(-n2c(-c3ccc(-c4ccccc4)cc3)nc3cc(N)ccc32)cc1. The van der Waals surface area contributed by atoms with E-state index >= 15 is 0 Å². The van der Waals surface area contributed by atoms with Gasteiger partial charge in [-0.1, -0.05) is 54.6 Å². The Kier molecular flexibility index (Phi) is 4.03. The van der Waals surface area contributed by atoms with Crippen molar-refractivity contribution in [1.82, 2.24) is 9.55 Å². The highest BCUT2D eigenvalue weighted by atomic mass is 15.1. The van der Waals surface area contributed by atoms with E-state index in [4.69, 9.17) is 16.5 Å². The van der Waals surface area contributed by atoms with E-state index in [-0.39, 0.29) is 0 Å². The van der Waals surface area contributed by atoms with Crippen molar-refractivity contribution in [3.63, 3.8) is 0 Å². The smallest absolute Gasteiger partial charge is 0.145 e. The molecule has 4 heteroatoms. The highest BCUT2D eigenvalue weighted by Crippen LogP contribution is 2.31. The van der Waals surface area contributed by atoms with Gasteiger partial charge in [0, 0.05) is 22.6 Å². The van der Waals surface area contributed by atoms with Crippen LogP contribution in [-0.2, 0) is 0 Å². The fourth-order valence-corrected chi connectivity index (χ4v) is 3.62. The molecule has 0 unspecified atom stereocenters. The minimum atomic E-state index is 0.699. The van der Waals surface area contributed by atoms with Gasteiger partial charge in [-0.05, 0) is 53.6 Å². The predicted octanol–water partition coefficient (Wildman–Crippen LogP) is 5.52. The maximum atomic E-state index is 6.00. The monoisotopic (exact) mass is 376 g/mol. The summed E-state index contributed by atoms with van der Waals surface area (Å²) in [5, 5.41) is 0. The maximum absolute atomic E-state index is 6.00. The number of anilines is 2. The Morgan fingerprint density at radius 2 is 1.21 bits per heavy atom. The van der Waals surface area contributed by atoms with E-state index in [0.29, 0.717) is 5.69 Å². The summed E-state index contributed by atoms with van der Waals surface area (Å²) in [6.45, 7) is 0. The zero-order valence-electron chi connectivity index (χ0n) is 15.8. The fraction of sp³-hybridized carbons (Fsp3) is 0. The van der Waals surface area contributed by atoms with Crippen LogP contribution in [0.2, 0.25) is 0 Å². The highest BCUT2D eigenvalue weighted by Gasteiger charge is 2.14. The van der Waals surface area contributed by atoms with Gasteiger partial charge in [-0.3, -0.25) is 4.57 Å². The third-order valence-electron chi connectivity index (χ3n) is 5.08. The van der Waals surface area contributed by atoms with Crippen LogP contribution in [0.1, 0.15) is 0 Å². The topological polar surface area (TPSA) is 69.9 Å². The fourth-order valence-electron chi connectivity index (χ4n) is 3.62. The van der Waals surface area contributed by atoms with Gasteiger partial charge in [0.15, 0.2) is 0 Å². The molecule has 1 heterocycles. The first-order valence-corrected chi connectivity index (χ1v) is 9.49. The van der Waals surface area contributed by atoms with E-state index in [2.05, 4.69) is 41.0 Å². The van der Waals surface area contributed by atoms with E-state index in [1.165, 1.54) is 11.1 Å². The molecule has 4 nitrogen and oxygen atoms in total. The van der Waals surface area contributed by atoms with E-state index < -0.39 is 0 Å². The molecule has 5 rings (SSSR count). The summed E-state index contributed by atoms with van der Waals surface area (Å²) in [6, 6.07) is 32.5. The minimum Gasteiger partial charge on any atom is -0.399 e. The van der Waals surface area contributed by atoms with Gasteiger partial charge in [0.25, 0.3) is 0 Å². The van der Waals surface area contributed by atoms with Crippen molar-refractivity contribution >= 4 is 22.4 Å². The number of imidazole rings is 1. The molecule has 140 valence electrons. The average molecular weight is 376 g/mol.